The van der Waals surface area contributed by atoms with E-state index in [1.807, 2.05) is 13.1 Å². The molecule has 1 aliphatic carbocycles. The highest BCUT2D eigenvalue weighted by Gasteiger charge is 2.23. The summed E-state index contributed by atoms with van der Waals surface area (Å²) in [6, 6.07) is 6.26. The van der Waals surface area contributed by atoms with E-state index in [9.17, 15) is 4.39 Å². The van der Waals surface area contributed by atoms with Gasteiger partial charge in [-0.2, -0.15) is 0 Å². The summed E-state index contributed by atoms with van der Waals surface area (Å²) in [6.07, 6.45) is 4.80. The molecule has 2 rings (SSSR count). The second-order valence-electron chi connectivity index (χ2n) is 5.42. The fourth-order valence-corrected chi connectivity index (χ4v) is 3.06. The Morgan fingerprint density at radius 3 is 2.63 bits per heavy atom. The lowest BCUT2D eigenvalue weighted by molar-refractivity contribution is 0.170. The first-order chi connectivity index (χ1) is 9.11. The number of hydrogen-bond donors (Lipinski definition) is 1. The van der Waals surface area contributed by atoms with Crippen LogP contribution in [0.25, 0.3) is 0 Å². The van der Waals surface area contributed by atoms with Crippen LogP contribution in [-0.4, -0.2) is 31.1 Å². The summed E-state index contributed by atoms with van der Waals surface area (Å²) in [5.74, 6) is -0.327. The predicted molar refractivity (Wildman–Crippen MR) is 78.0 cm³/mol. The SMILES string of the molecule is CNC1CCC(N(C)Cc2cccc(F)c2Cl)CC1. The van der Waals surface area contributed by atoms with Gasteiger partial charge in [0.1, 0.15) is 5.82 Å². The molecule has 0 atom stereocenters. The Bertz CT molecular complexity index is 417. The Kier molecular flexibility index (Phi) is 5.20. The van der Waals surface area contributed by atoms with E-state index in [0.29, 0.717) is 18.6 Å². The van der Waals surface area contributed by atoms with Gasteiger partial charge in [-0.15, -0.1) is 0 Å². The highest BCUT2D eigenvalue weighted by Crippen LogP contribution is 2.26. The van der Waals surface area contributed by atoms with Gasteiger partial charge in [0.05, 0.1) is 5.02 Å². The molecule has 106 valence electrons. The molecule has 0 spiro atoms. The van der Waals surface area contributed by atoms with Crippen LogP contribution in [0.5, 0.6) is 0 Å². The number of nitrogens with one attached hydrogen (secondary N) is 1. The van der Waals surface area contributed by atoms with Gasteiger partial charge in [-0.3, -0.25) is 4.90 Å². The average Bonchev–Trinajstić information content (AvgIpc) is 2.44. The molecule has 19 heavy (non-hydrogen) atoms. The summed E-state index contributed by atoms with van der Waals surface area (Å²) in [6.45, 7) is 0.714. The quantitative estimate of drug-likeness (QED) is 0.911. The minimum atomic E-state index is -0.327. The Balaban J connectivity index is 1.94. The monoisotopic (exact) mass is 284 g/mol. The standard InChI is InChI=1S/C15H22ClFN2/c1-18-12-6-8-13(9-7-12)19(2)10-11-4-3-5-14(17)15(11)16/h3-5,12-13,18H,6-10H2,1-2H3. The average molecular weight is 285 g/mol. The third kappa shape index (κ3) is 3.68. The van der Waals surface area contributed by atoms with E-state index in [1.165, 1.54) is 31.7 Å². The van der Waals surface area contributed by atoms with E-state index in [2.05, 4.69) is 17.3 Å². The van der Waals surface area contributed by atoms with Crippen molar-refractivity contribution in [1.29, 1.82) is 0 Å². The maximum absolute atomic E-state index is 13.4. The Morgan fingerprint density at radius 1 is 1.32 bits per heavy atom. The first-order valence-electron chi connectivity index (χ1n) is 6.92. The Labute approximate surface area is 119 Å². The van der Waals surface area contributed by atoms with E-state index < -0.39 is 0 Å². The third-order valence-electron chi connectivity index (χ3n) is 4.18. The molecule has 4 heteroatoms. The molecule has 1 saturated carbocycles. The lowest BCUT2D eigenvalue weighted by Crippen LogP contribution is -2.39. The van der Waals surface area contributed by atoms with Crippen LogP contribution in [0.4, 0.5) is 4.39 Å². The molecule has 1 fully saturated rings. The zero-order valence-electron chi connectivity index (χ0n) is 11.6. The summed E-state index contributed by atoms with van der Waals surface area (Å²) in [7, 11) is 4.13. The smallest absolute Gasteiger partial charge is 0.142 e. The summed E-state index contributed by atoms with van der Waals surface area (Å²) >= 11 is 6.01. The Hall–Kier alpha value is -0.640. The van der Waals surface area contributed by atoms with Crippen LogP contribution in [0, 0.1) is 5.82 Å². The van der Waals surface area contributed by atoms with Gasteiger partial charge in [0.25, 0.3) is 0 Å². The van der Waals surface area contributed by atoms with Crippen molar-refractivity contribution in [3.05, 3.63) is 34.6 Å². The van der Waals surface area contributed by atoms with Crippen molar-refractivity contribution in [2.75, 3.05) is 14.1 Å². The topological polar surface area (TPSA) is 15.3 Å². The molecule has 2 nitrogen and oxygen atoms in total. The van der Waals surface area contributed by atoms with Crippen molar-refractivity contribution in [1.82, 2.24) is 10.2 Å². The first-order valence-corrected chi connectivity index (χ1v) is 7.30. The highest BCUT2D eigenvalue weighted by molar-refractivity contribution is 6.31. The van der Waals surface area contributed by atoms with Crippen molar-refractivity contribution in [2.24, 2.45) is 0 Å². The molecule has 0 bridgehead atoms. The Morgan fingerprint density at radius 2 is 2.00 bits per heavy atom. The van der Waals surface area contributed by atoms with Crippen LogP contribution in [0.1, 0.15) is 31.2 Å². The van der Waals surface area contributed by atoms with Crippen LogP contribution in [0.15, 0.2) is 18.2 Å². The van der Waals surface area contributed by atoms with Crippen LogP contribution >= 0.6 is 11.6 Å². The first kappa shape index (κ1) is 14.8. The van der Waals surface area contributed by atoms with Gasteiger partial charge >= 0.3 is 0 Å². The molecule has 0 heterocycles. The van der Waals surface area contributed by atoms with Gasteiger partial charge in [-0.05, 0) is 51.4 Å². The molecular formula is C15H22ClFN2. The second-order valence-corrected chi connectivity index (χ2v) is 5.80. The number of hydrogen-bond acceptors (Lipinski definition) is 2. The van der Waals surface area contributed by atoms with Gasteiger partial charge in [0, 0.05) is 18.6 Å². The van der Waals surface area contributed by atoms with Crippen molar-refractivity contribution in [3.8, 4) is 0 Å². The molecule has 1 aromatic rings. The van der Waals surface area contributed by atoms with E-state index >= 15 is 0 Å². The van der Waals surface area contributed by atoms with Gasteiger partial charge in [-0.1, -0.05) is 23.7 Å². The molecule has 0 amide bonds. The third-order valence-corrected chi connectivity index (χ3v) is 4.60. The van der Waals surface area contributed by atoms with E-state index in [4.69, 9.17) is 11.6 Å². The molecule has 1 N–H and O–H groups in total. The molecule has 1 aliphatic rings. The molecule has 0 radical (unpaired) electrons. The van der Waals surface area contributed by atoms with Crippen molar-refractivity contribution in [2.45, 2.75) is 44.3 Å². The lowest BCUT2D eigenvalue weighted by Gasteiger charge is -2.34. The van der Waals surface area contributed by atoms with Gasteiger partial charge < -0.3 is 5.32 Å². The molecule has 0 aliphatic heterocycles. The normalized spacial score (nSPS) is 23.8. The van der Waals surface area contributed by atoms with Gasteiger partial charge in [-0.25, -0.2) is 4.39 Å². The van der Waals surface area contributed by atoms with Crippen molar-refractivity contribution >= 4 is 11.6 Å². The highest BCUT2D eigenvalue weighted by atomic mass is 35.5. The summed E-state index contributed by atoms with van der Waals surface area (Å²) in [5, 5.41) is 3.60. The number of rotatable bonds is 4. The number of benzene rings is 1. The van der Waals surface area contributed by atoms with Gasteiger partial charge in [0.15, 0.2) is 0 Å². The molecule has 0 aromatic heterocycles. The fourth-order valence-electron chi connectivity index (χ4n) is 2.87. The number of nitrogens with zero attached hydrogens (tertiary/aromatic N) is 1. The molecule has 0 saturated heterocycles. The lowest BCUT2D eigenvalue weighted by atomic mass is 9.90. The fraction of sp³-hybridized carbons (Fsp3) is 0.600. The van der Waals surface area contributed by atoms with Crippen molar-refractivity contribution in [3.63, 3.8) is 0 Å². The zero-order chi connectivity index (χ0) is 13.8. The van der Waals surface area contributed by atoms with Crippen LogP contribution in [0.2, 0.25) is 5.02 Å². The molecule has 0 unspecified atom stereocenters. The number of halogens is 2. The maximum atomic E-state index is 13.4. The summed E-state index contributed by atoms with van der Waals surface area (Å²) in [5.41, 5.74) is 0.875. The van der Waals surface area contributed by atoms with Gasteiger partial charge in [0.2, 0.25) is 0 Å². The van der Waals surface area contributed by atoms with Crippen molar-refractivity contribution < 1.29 is 4.39 Å². The molecule has 1 aromatic carbocycles. The van der Waals surface area contributed by atoms with E-state index in [1.54, 1.807) is 6.07 Å². The largest absolute Gasteiger partial charge is 0.317 e. The van der Waals surface area contributed by atoms with Crippen LogP contribution < -0.4 is 5.32 Å². The molecular weight excluding hydrogens is 263 g/mol. The minimum absolute atomic E-state index is 0.262. The van der Waals surface area contributed by atoms with Crippen LogP contribution in [-0.2, 0) is 6.54 Å². The predicted octanol–water partition coefficient (Wildman–Crippen LogP) is 3.44. The summed E-state index contributed by atoms with van der Waals surface area (Å²) in [4.78, 5) is 2.30. The van der Waals surface area contributed by atoms with Crippen LogP contribution in [0.3, 0.4) is 0 Å². The second kappa shape index (κ2) is 6.69. The minimum Gasteiger partial charge on any atom is -0.317 e. The zero-order valence-corrected chi connectivity index (χ0v) is 12.4. The summed E-state index contributed by atoms with van der Waals surface area (Å²) < 4.78 is 13.4. The maximum Gasteiger partial charge on any atom is 0.142 e. The van der Waals surface area contributed by atoms with E-state index in [-0.39, 0.29) is 10.8 Å². The van der Waals surface area contributed by atoms with E-state index in [0.717, 1.165) is 5.56 Å².